The summed E-state index contributed by atoms with van der Waals surface area (Å²) in [5, 5.41) is 16.2. The van der Waals surface area contributed by atoms with Crippen molar-refractivity contribution < 1.29 is 41.4 Å². The third kappa shape index (κ3) is 7.15. The Bertz CT molecular complexity index is 1860. The number of fused-ring (bicyclic) bond motifs is 1. The molecule has 0 spiro atoms. The maximum absolute atomic E-state index is 15.2. The van der Waals surface area contributed by atoms with Crippen LogP contribution in [0.1, 0.15) is 76.0 Å². The summed E-state index contributed by atoms with van der Waals surface area (Å²) in [6.45, 7) is 8.66. The van der Waals surface area contributed by atoms with Crippen LogP contribution in [-0.2, 0) is 16.0 Å². The number of carbonyl (C=O) groups is 3. The van der Waals surface area contributed by atoms with E-state index in [2.05, 4.69) is 15.4 Å². The highest BCUT2D eigenvalue weighted by Gasteiger charge is 2.58. The monoisotopic (exact) mass is 685 g/mol. The first kappa shape index (κ1) is 35.1. The molecule has 3 aromatic rings. The van der Waals surface area contributed by atoms with Crippen molar-refractivity contribution in [2.45, 2.75) is 83.8 Å². The molecule has 1 aromatic carbocycles. The van der Waals surface area contributed by atoms with E-state index in [1.807, 2.05) is 6.07 Å². The smallest absolute Gasteiger partial charge is 0.417 e. The van der Waals surface area contributed by atoms with E-state index in [0.717, 1.165) is 11.0 Å². The van der Waals surface area contributed by atoms with E-state index >= 15 is 4.39 Å². The predicted octanol–water partition coefficient (Wildman–Crippen LogP) is 6.26. The topological polar surface area (TPSA) is 143 Å². The fraction of sp³-hybridized carbons (Fsp3) is 0.455. The third-order valence-corrected chi connectivity index (χ3v) is 7.77. The number of nitrogens with zero attached hydrogens (tertiary/aromatic N) is 6. The Balaban J connectivity index is 1.56. The Labute approximate surface area is 279 Å². The molecule has 0 radical (unpaired) electrons. The molecule has 4 heterocycles. The second-order valence-electron chi connectivity index (χ2n) is 13.8. The Morgan fingerprint density at radius 1 is 1.04 bits per heavy atom. The lowest BCUT2D eigenvalue weighted by atomic mass is 9.88. The van der Waals surface area contributed by atoms with Gasteiger partial charge in [0.1, 0.15) is 17.0 Å². The van der Waals surface area contributed by atoms with E-state index in [1.165, 1.54) is 40.0 Å². The van der Waals surface area contributed by atoms with E-state index in [0.29, 0.717) is 0 Å². The van der Waals surface area contributed by atoms with Gasteiger partial charge < -0.3 is 19.7 Å². The summed E-state index contributed by atoms with van der Waals surface area (Å²) in [6.07, 6.45) is -5.95. The van der Waals surface area contributed by atoms with Gasteiger partial charge in [-0.15, -0.1) is 0 Å². The van der Waals surface area contributed by atoms with Crippen LogP contribution in [0.15, 0.2) is 36.5 Å². The molecule has 0 bridgehead atoms. The highest BCUT2D eigenvalue weighted by Crippen LogP contribution is 2.40. The van der Waals surface area contributed by atoms with Crippen molar-refractivity contribution in [1.29, 1.82) is 5.26 Å². The molecule has 0 saturated carbocycles. The predicted molar refractivity (Wildman–Crippen MR) is 167 cm³/mol. The molecule has 3 amide bonds. The molecule has 12 nitrogen and oxygen atoms in total. The molecule has 260 valence electrons. The van der Waals surface area contributed by atoms with Crippen LogP contribution >= 0.6 is 0 Å². The lowest BCUT2D eigenvalue weighted by Gasteiger charge is -2.44. The van der Waals surface area contributed by atoms with Crippen LogP contribution in [0, 0.1) is 17.1 Å². The van der Waals surface area contributed by atoms with Gasteiger partial charge in [-0.3, -0.25) is 4.79 Å². The number of nitriles is 1. The van der Waals surface area contributed by atoms with Crippen LogP contribution < -0.4 is 10.2 Å². The number of hydrogen-bond donors (Lipinski definition) is 1. The van der Waals surface area contributed by atoms with Gasteiger partial charge in [-0.05, 0) is 72.6 Å². The number of benzene rings is 1. The van der Waals surface area contributed by atoms with Gasteiger partial charge in [-0.2, -0.15) is 23.5 Å². The van der Waals surface area contributed by atoms with Crippen LogP contribution in [-0.4, -0.2) is 73.8 Å². The van der Waals surface area contributed by atoms with Crippen molar-refractivity contribution in [3.8, 4) is 23.0 Å². The van der Waals surface area contributed by atoms with Crippen molar-refractivity contribution in [1.82, 2.24) is 25.0 Å². The second-order valence-corrected chi connectivity index (χ2v) is 13.8. The number of nitrogens with one attached hydrogen (secondary N) is 1. The number of hydrogen-bond acceptors (Lipinski definition) is 9. The number of carbonyl (C=O) groups excluding carboxylic acids is 3. The molecule has 1 saturated heterocycles. The van der Waals surface area contributed by atoms with Gasteiger partial charge in [-0.1, -0.05) is 6.07 Å². The minimum absolute atomic E-state index is 0.0325. The third-order valence-electron chi connectivity index (χ3n) is 7.77. The van der Waals surface area contributed by atoms with Gasteiger partial charge >= 0.3 is 18.4 Å². The Morgan fingerprint density at radius 2 is 1.73 bits per heavy atom. The van der Waals surface area contributed by atoms with Crippen LogP contribution in [0.5, 0.6) is 0 Å². The van der Waals surface area contributed by atoms with E-state index < -0.39 is 59.8 Å². The number of anilines is 1. The van der Waals surface area contributed by atoms with Crippen molar-refractivity contribution in [3.63, 3.8) is 0 Å². The number of imide groups is 1. The average molecular weight is 686 g/mol. The van der Waals surface area contributed by atoms with Gasteiger partial charge in [0.25, 0.3) is 5.91 Å². The number of ether oxygens (including phenoxy) is 2. The minimum Gasteiger partial charge on any atom is -0.444 e. The van der Waals surface area contributed by atoms with Gasteiger partial charge in [0.05, 0.1) is 52.9 Å². The number of rotatable bonds is 4. The van der Waals surface area contributed by atoms with Crippen LogP contribution in [0.25, 0.3) is 16.9 Å². The average Bonchev–Trinajstić information content (AvgIpc) is 3.59. The van der Waals surface area contributed by atoms with Crippen LogP contribution in [0.3, 0.4) is 0 Å². The largest absolute Gasteiger partial charge is 0.444 e. The first-order valence-corrected chi connectivity index (χ1v) is 15.4. The van der Waals surface area contributed by atoms with Gasteiger partial charge in [-0.25, -0.2) is 28.5 Å². The fourth-order valence-electron chi connectivity index (χ4n) is 5.71. The summed E-state index contributed by atoms with van der Waals surface area (Å²) in [7, 11) is 0. The second kappa shape index (κ2) is 12.4. The zero-order valence-electron chi connectivity index (χ0n) is 27.7. The molecule has 2 aliphatic heterocycles. The summed E-state index contributed by atoms with van der Waals surface area (Å²) in [6, 6.07) is 8.58. The number of amides is 3. The standard InChI is InChI=1S/C33H35F4N7O5/c1-30(2,3)48-28(46)40-32(33(35,36)37)12-8-13-42(18-32)24-11-14-44(41-24)23-15-21(25-19(16-38)9-7-10-20(25)34)39-22-17-43(27(45)26(22)23)29(47)49-31(4,5)6/h7,9-11,14-15H,8,12-13,17-18H2,1-6H3,(H,40,46). The van der Waals surface area contributed by atoms with E-state index in [1.54, 1.807) is 41.5 Å². The molecular formula is C33H35F4N7O5. The molecule has 1 fully saturated rings. The highest BCUT2D eigenvalue weighted by atomic mass is 19.4. The minimum atomic E-state index is -4.85. The van der Waals surface area contributed by atoms with Gasteiger partial charge in [0, 0.05) is 18.8 Å². The normalized spacial score (nSPS) is 18.2. The quantitative estimate of drug-likeness (QED) is 0.315. The molecule has 0 aliphatic carbocycles. The Hall–Kier alpha value is -5.20. The van der Waals surface area contributed by atoms with Gasteiger partial charge in [0.2, 0.25) is 0 Å². The first-order valence-electron chi connectivity index (χ1n) is 15.4. The summed E-state index contributed by atoms with van der Waals surface area (Å²) < 4.78 is 70.7. The summed E-state index contributed by atoms with van der Waals surface area (Å²) in [4.78, 5) is 45.9. The Morgan fingerprint density at radius 3 is 2.37 bits per heavy atom. The molecule has 5 rings (SSSR count). The zero-order valence-corrected chi connectivity index (χ0v) is 27.7. The Kier molecular flexibility index (Phi) is 8.85. The van der Waals surface area contributed by atoms with Crippen LogP contribution in [0.2, 0.25) is 0 Å². The molecule has 16 heteroatoms. The maximum atomic E-state index is 15.2. The number of pyridine rings is 1. The number of aromatic nitrogens is 3. The van der Waals surface area contributed by atoms with Crippen molar-refractivity contribution >= 4 is 23.9 Å². The molecule has 2 aromatic heterocycles. The van der Waals surface area contributed by atoms with Crippen molar-refractivity contribution in [3.05, 3.63) is 59.2 Å². The lowest BCUT2D eigenvalue weighted by Crippen LogP contribution is -2.67. The summed E-state index contributed by atoms with van der Waals surface area (Å²) >= 11 is 0. The molecule has 1 N–H and O–H groups in total. The van der Waals surface area contributed by atoms with Crippen molar-refractivity contribution in [2.24, 2.45) is 0 Å². The summed E-state index contributed by atoms with van der Waals surface area (Å²) in [5.41, 5.74) is -4.78. The zero-order chi connectivity index (χ0) is 36.1. The van der Waals surface area contributed by atoms with Gasteiger partial charge in [0.15, 0.2) is 11.4 Å². The van der Waals surface area contributed by atoms with Crippen LogP contribution in [0.4, 0.5) is 33.0 Å². The van der Waals surface area contributed by atoms with E-state index in [9.17, 15) is 32.8 Å². The number of alkyl halides is 3. The maximum Gasteiger partial charge on any atom is 0.417 e. The molecule has 49 heavy (non-hydrogen) atoms. The molecular weight excluding hydrogens is 650 g/mol. The first-order chi connectivity index (χ1) is 22.7. The number of piperidine rings is 1. The highest BCUT2D eigenvalue weighted by molar-refractivity contribution is 6.08. The summed E-state index contributed by atoms with van der Waals surface area (Å²) in [5.74, 6) is -1.45. The number of halogens is 4. The van der Waals surface area contributed by atoms with E-state index in [-0.39, 0.29) is 59.1 Å². The molecule has 1 atom stereocenters. The molecule has 2 aliphatic rings. The molecule has 1 unspecified atom stereocenters. The van der Waals surface area contributed by atoms with Crippen molar-refractivity contribution in [2.75, 3.05) is 18.0 Å². The lowest BCUT2D eigenvalue weighted by molar-refractivity contribution is -0.197. The fourth-order valence-corrected chi connectivity index (χ4v) is 5.71. The van der Waals surface area contributed by atoms with E-state index in [4.69, 9.17) is 9.47 Å². The SMILES string of the molecule is CC(C)(C)OC(=O)NC1(C(F)(F)F)CCCN(c2ccn(-c3cc(-c4c(F)cccc4C#N)nc4c3C(=O)N(C(=O)OC(C)(C)C)C4)n2)C1. The number of alkyl carbamates (subject to hydrolysis) is 1.